The quantitative estimate of drug-likeness (QED) is 0.448. The number of carbonyl (C=O) groups excluding carboxylic acids is 1. The molecule has 7 nitrogen and oxygen atoms in total. The number of carboxylic acids is 1. The van der Waals surface area contributed by atoms with Crippen LogP contribution >= 0.6 is 0 Å². The Morgan fingerprint density at radius 1 is 1.07 bits per heavy atom. The molecule has 134 valence electrons. The van der Waals surface area contributed by atoms with Crippen LogP contribution in [0, 0.1) is 0 Å². The molecular weight excluding hydrogens is 346 g/mol. The molecule has 0 unspecified atom stereocenters. The Hall–Kier alpha value is -3.87. The third-order valence-electron chi connectivity index (χ3n) is 4.39. The first-order chi connectivity index (χ1) is 12.9. The first-order valence-corrected chi connectivity index (χ1v) is 8.22. The van der Waals surface area contributed by atoms with Crippen LogP contribution in [0.15, 0.2) is 53.5 Å². The van der Waals surface area contributed by atoms with E-state index in [1.54, 1.807) is 12.1 Å². The SMILES string of the molecule is CC(=O)Nc1cccc(-c2ccc3[nH]c(=O)c4[nH]cc(C(=O)O)c4c3c2)c1. The smallest absolute Gasteiger partial charge is 0.337 e. The van der Waals surface area contributed by atoms with Crippen molar-refractivity contribution in [1.29, 1.82) is 0 Å². The lowest BCUT2D eigenvalue weighted by Gasteiger charge is -2.08. The summed E-state index contributed by atoms with van der Waals surface area (Å²) in [5, 5.41) is 13.2. The number of nitrogens with one attached hydrogen (secondary N) is 3. The molecule has 1 amide bonds. The number of pyridine rings is 1. The minimum atomic E-state index is -1.11. The minimum absolute atomic E-state index is 0.0465. The van der Waals surface area contributed by atoms with Crippen LogP contribution in [0.1, 0.15) is 17.3 Å². The van der Waals surface area contributed by atoms with Gasteiger partial charge in [-0.2, -0.15) is 0 Å². The maximum absolute atomic E-state index is 12.2. The lowest BCUT2D eigenvalue weighted by molar-refractivity contribution is -0.114. The molecule has 4 aromatic rings. The van der Waals surface area contributed by atoms with E-state index < -0.39 is 5.97 Å². The van der Waals surface area contributed by atoms with E-state index in [1.165, 1.54) is 13.1 Å². The van der Waals surface area contributed by atoms with Gasteiger partial charge in [0.1, 0.15) is 5.52 Å². The molecule has 0 bridgehead atoms. The average Bonchev–Trinajstić information content (AvgIpc) is 3.07. The molecule has 0 spiro atoms. The van der Waals surface area contributed by atoms with Gasteiger partial charge in [0.25, 0.3) is 5.56 Å². The Morgan fingerprint density at radius 3 is 2.59 bits per heavy atom. The van der Waals surface area contributed by atoms with Crippen LogP contribution in [0.25, 0.3) is 32.9 Å². The Balaban J connectivity index is 1.97. The molecule has 4 N–H and O–H groups in total. The highest BCUT2D eigenvalue weighted by Crippen LogP contribution is 2.30. The second-order valence-electron chi connectivity index (χ2n) is 6.23. The van der Waals surface area contributed by atoms with Crippen LogP contribution in [-0.4, -0.2) is 27.0 Å². The predicted octanol–water partition coefficient (Wildman–Crippen LogP) is 3.33. The van der Waals surface area contributed by atoms with E-state index in [2.05, 4.69) is 15.3 Å². The topological polar surface area (TPSA) is 115 Å². The van der Waals surface area contributed by atoms with Gasteiger partial charge in [-0.25, -0.2) is 4.79 Å². The molecule has 4 rings (SSSR count). The zero-order chi connectivity index (χ0) is 19.1. The van der Waals surface area contributed by atoms with Crippen LogP contribution in [0.5, 0.6) is 0 Å². The molecule has 2 aromatic heterocycles. The highest BCUT2D eigenvalue weighted by molar-refractivity contribution is 6.15. The maximum Gasteiger partial charge on any atom is 0.337 e. The molecule has 0 aliphatic rings. The first-order valence-electron chi connectivity index (χ1n) is 8.22. The second-order valence-corrected chi connectivity index (χ2v) is 6.23. The van der Waals surface area contributed by atoms with E-state index in [0.717, 1.165) is 11.1 Å². The number of amides is 1. The van der Waals surface area contributed by atoms with Gasteiger partial charge in [-0.3, -0.25) is 9.59 Å². The monoisotopic (exact) mass is 361 g/mol. The molecule has 0 radical (unpaired) electrons. The van der Waals surface area contributed by atoms with Crippen molar-refractivity contribution in [2.24, 2.45) is 0 Å². The molecule has 2 heterocycles. The number of H-pyrrole nitrogens is 2. The number of hydrogen-bond acceptors (Lipinski definition) is 3. The first kappa shape index (κ1) is 16.6. The van der Waals surface area contributed by atoms with E-state index >= 15 is 0 Å². The molecule has 0 aliphatic carbocycles. The molecule has 0 atom stereocenters. The van der Waals surface area contributed by atoms with E-state index in [-0.39, 0.29) is 22.5 Å². The number of rotatable bonds is 3. The zero-order valence-corrected chi connectivity index (χ0v) is 14.3. The fourth-order valence-electron chi connectivity index (χ4n) is 3.26. The number of aromatic carboxylic acids is 1. The average molecular weight is 361 g/mol. The van der Waals surface area contributed by atoms with Gasteiger partial charge in [-0.05, 0) is 35.4 Å². The summed E-state index contributed by atoms with van der Waals surface area (Å²) in [7, 11) is 0. The number of carboxylic acid groups (broad SMARTS) is 1. The lowest BCUT2D eigenvalue weighted by atomic mass is 10.00. The molecule has 27 heavy (non-hydrogen) atoms. The van der Waals surface area contributed by atoms with Crippen molar-refractivity contribution in [3.63, 3.8) is 0 Å². The van der Waals surface area contributed by atoms with Gasteiger partial charge >= 0.3 is 5.97 Å². The van der Waals surface area contributed by atoms with Gasteiger partial charge in [-0.15, -0.1) is 0 Å². The highest BCUT2D eigenvalue weighted by atomic mass is 16.4. The normalized spacial score (nSPS) is 11.0. The summed E-state index contributed by atoms with van der Waals surface area (Å²) in [5.74, 6) is -1.27. The molecule has 0 saturated carbocycles. The van der Waals surface area contributed by atoms with Gasteiger partial charge < -0.3 is 20.4 Å². The Morgan fingerprint density at radius 2 is 1.85 bits per heavy atom. The molecule has 0 saturated heterocycles. The molecule has 0 fully saturated rings. The molecule has 2 aromatic carbocycles. The second kappa shape index (κ2) is 6.14. The standard InChI is InChI=1S/C20H15N3O4/c1-10(24)22-13-4-2-3-11(7-13)12-5-6-16-14(8-12)17-15(20(26)27)9-21-18(17)19(25)23-16/h2-9,21H,1H3,(H,22,24)(H,23,25)(H,26,27). The number of benzene rings is 2. The third-order valence-corrected chi connectivity index (χ3v) is 4.39. The molecule has 7 heteroatoms. The van der Waals surface area contributed by atoms with Crippen LogP contribution in [0.2, 0.25) is 0 Å². The van der Waals surface area contributed by atoms with Crippen LogP contribution < -0.4 is 10.9 Å². The van der Waals surface area contributed by atoms with Crippen LogP contribution in [-0.2, 0) is 4.79 Å². The molecule has 0 aliphatic heterocycles. The largest absolute Gasteiger partial charge is 0.478 e. The van der Waals surface area contributed by atoms with Gasteiger partial charge in [-0.1, -0.05) is 18.2 Å². The number of aromatic nitrogens is 2. The fourth-order valence-corrected chi connectivity index (χ4v) is 3.26. The fraction of sp³-hybridized carbons (Fsp3) is 0.0500. The summed E-state index contributed by atoms with van der Waals surface area (Å²) in [6, 6.07) is 12.8. The van der Waals surface area contributed by atoms with Crippen molar-refractivity contribution in [1.82, 2.24) is 9.97 Å². The van der Waals surface area contributed by atoms with Crippen molar-refractivity contribution < 1.29 is 14.7 Å². The van der Waals surface area contributed by atoms with Crippen molar-refractivity contribution >= 4 is 39.4 Å². The van der Waals surface area contributed by atoms with Crippen molar-refractivity contribution in [2.45, 2.75) is 6.92 Å². The molecular formula is C20H15N3O4. The van der Waals surface area contributed by atoms with E-state index in [0.29, 0.717) is 22.0 Å². The zero-order valence-electron chi connectivity index (χ0n) is 14.3. The minimum Gasteiger partial charge on any atom is -0.478 e. The van der Waals surface area contributed by atoms with Crippen molar-refractivity contribution in [3.05, 3.63) is 64.6 Å². The Labute approximate surface area is 152 Å². The van der Waals surface area contributed by atoms with E-state index in [9.17, 15) is 19.5 Å². The maximum atomic E-state index is 12.2. The van der Waals surface area contributed by atoms with E-state index in [1.807, 2.05) is 30.3 Å². The van der Waals surface area contributed by atoms with Crippen molar-refractivity contribution in [3.8, 4) is 11.1 Å². The lowest BCUT2D eigenvalue weighted by Crippen LogP contribution is -2.07. The number of carbonyl (C=O) groups is 2. The Bertz CT molecular complexity index is 1280. The predicted molar refractivity (Wildman–Crippen MR) is 103 cm³/mol. The van der Waals surface area contributed by atoms with Crippen LogP contribution in [0.3, 0.4) is 0 Å². The van der Waals surface area contributed by atoms with Crippen molar-refractivity contribution in [2.75, 3.05) is 5.32 Å². The number of aromatic amines is 2. The highest BCUT2D eigenvalue weighted by Gasteiger charge is 2.16. The summed E-state index contributed by atoms with van der Waals surface area (Å²) in [5.41, 5.74) is 2.81. The van der Waals surface area contributed by atoms with Gasteiger partial charge in [0.15, 0.2) is 0 Å². The summed E-state index contributed by atoms with van der Waals surface area (Å²) in [6.07, 6.45) is 1.33. The summed E-state index contributed by atoms with van der Waals surface area (Å²) >= 11 is 0. The number of hydrogen-bond donors (Lipinski definition) is 4. The summed E-state index contributed by atoms with van der Waals surface area (Å²) < 4.78 is 0. The third kappa shape index (κ3) is 2.85. The van der Waals surface area contributed by atoms with Gasteiger partial charge in [0.05, 0.1) is 5.56 Å². The van der Waals surface area contributed by atoms with E-state index in [4.69, 9.17) is 0 Å². The summed E-state index contributed by atoms with van der Waals surface area (Å²) in [4.78, 5) is 40.6. The van der Waals surface area contributed by atoms with Gasteiger partial charge in [0, 0.05) is 35.1 Å². The summed E-state index contributed by atoms with van der Waals surface area (Å²) in [6.45, 7) is 1.44. The number of anilines is 1. The Kier molecular flexibility index (Phi) is 3.77. The van der Waals surface area contributed by atoms with Crippen LogP contribution in [0.4, 0.5) is 5.69 Å². The number of fused-ring (bicyclic) bond motifs is 3. The van der Waals surface area contributed by atoms with Gasteiger partial charge in [0.2, 0.25) is 5.91 Å².